The first kappa shape index (κ1) is 10.0. The Morgan fingerprint density at radius 3 is 1.75 bits per heavy atom. The van der Waals surface area contributed by atoms with Crippen molar-refractivity contribution < 1.29 is 4.74 Å². The van der Waals surface area contributed by atoms with E-state index >= 15 is 0 Å². The summed E-state index contributed by atoms with van der Waals surface area (Å²) >= 11 is 0. The molecule has 2 unspecified atom stereocenters. The lowest BCUT2D eigenvalue weighted by molar-refractivity contribution is -0.0778. The predicted molar refractivity (Wildman–Crippen MR) is 51.3 cm³/mol. The van der Waals surface area contributed by atoms with Gasteiger partial charge < -0.3 is 4.74 Å². The van der Waals surface area contributed by atoms with E-state index in [1.165, 1.54) is 0 Å². The predicted octanol–water partition coefficient (Wildman–Crippen LogP) is 1.89. The second-order valence-corrected chi connectivity index (χ2v) is 4.81. The van der Waals surface area contributed by atoms with Crippen LogP contribution in [0.5, 0.6) is 0 Å². The molecule has 2 atom stereocenters. The van der Waals surface area contributed by atoms with E-state index in [9.17, 15) is 0 Å². The van der Waals surface area contributed by atoms with Gasteiger partial charge in [0.25, 0.3) is 0 Å². The highest BCUT2D eigenvalue weighted by Gasteiger charge is 2.33. The highest BCUT2D eigenvalue weighted by molar-refractivity contribution is 4.87. The first-order valence-corrected chi connectivity index (χ1v) is 4.79. The fourth-order valence-corrected chi connectivity index (χ4v) is 2.33. The summed E-state index contributed by atoms with van der Waals surface area (Å²) in [5.74, 6) is 0. The Bertz CT molecular complexity index is 140. The second-order valence-electron chi connectivity index (χ2n) is 4.81. The molecule has 0 aromatic rings. The molecule has 0 aliphatic carbocycles. The smallest absolute Gasteiger partial charge is 0.0620 e. The number of rotatable bonds is 0. The zero-order valence-corrected chi connectivity index (χ0v) is 8.92. The van der Waals surface area contributed by atoms with Crippen LogP contribution >= 0.6 is 0 Å². The first-order valence-electron chi connectivity index (χ1n) is 4.79. The Morgan fingerprint density at radius 1 is 1.08 bits per heavy atom. The highest BCUT2D eigenvalue weighted by atomic mass is 16.5. The molecular weight excluding hydrogens is 150 g/mol. The Labute approximate surface area is 75.9 Å². The van der Waals surface area contributed by atoms with Crippen LogP contribution in [0.1, 0.15) is 34.6 Å². The van der Waals surface area contributed by atoms with Crippen LogP contribution < -0.4 is 0 Å². The van der Waals surface area contributed by atoms with E-state index in [4.69, 9.17) is 4.74 Å². The molecule has 0 spiro atoms. The van der Waals surface area contributed by atoms with Crippen LogP contribution in [0, 0.1) is 0 Å². The molecule has 0 aromatic carbocycles. The van der Waals surface area contributed by atoms with Gasteiger partial charge >= 0.3 is 0 Å². The van der Waals surface area contributed by atoms with Crippen molar-refractivity contribution in [2.24, 2.45) is 0 Å². The monoisotopic (exact) mass is 171 g/mol. The molecule has 1 heterocycles. The lowest BCUT2D eigenvalue weighted by Crippen LogP contribution is -2.57. The quantitative estimate of drug-likeness (QED) is 0.552. The summed E-state index contributed by atoms with van der Waals surface area (Å²) in [7, 11) is 0. The SMILES string of the molecule is CC1COCC(C)N1C(C)(C)C. The average molecular weight is 171 g/mol. The van der Waals surface area contributed by atoms with E-state index in [0.29, 0.717) is 12.1 Å². The Balaban J connectivity index is 2.69. The standard InChI is InChI=1S/C10H21NO/c1-8-6-12-7-9(2)11(8)10(3,4)5/h8-9H,6-7H2,1-5H3. The second kappa shape index (κ2) is 3.35. The maximum Gasteiger partial charge on any atom is 0.0620 e. The zero-order valence-electron chi connectivity index (χ0n) is 8.92. The number of morpholine rings is 1. The topological polar surface area (TPSA) is 12.5 Å². The van der Waals surface area contributed by atoms with E-state index in [2.05, 4.69) is 39.5 Å². The van der Waals surface area contributed by atoms with E-state index < -0.39 is 0 Å². The summed E-state index contributed by atoms with van der Waals surface area (Å²) in [6.45, 7) is 13.0. The van der Waals surface area contributed by atoms with Gasteiger partial charge in [-0.2, -0.15) is 0 Å². The van der Waals surface area contributed by atoms with Crippen molar-refractivity contribution in [2.45, 2.75) is 52.2 Å². The van der Waals surface area contributed by atoms with Crippen molar-refractivity contribution in [3.63, 3.8) is 0 Å². The molecule has 1 saturated heterocycles. The van der Waals surface area contributed by atoms with Crippen LogP contribution in [0.15, 0.2) is 0 Å². The van der Waals surface area contributed by atoms with Crippen molar-refractivity contribution in [2.75, 3.05) is 13.2 Å². The minimum absolute atomic E-state index is 0.266. The molecule has 2 nitrogen and oxygen atoms in total. The molecule has 1 fully saturated rings. The molecule has 0 radical (unpaired) electrons. The molecule has 0 N–H and O–H groups in total. The average Bonchev–Trinajstić information content (AvgIpc) is 1.82. The summed E-state index contributed by atoms with van der Waals surface area (Å²) in [5.41, 5.74) is 0.266. The number of ether oxygens (including phenoxy) is 1. The Hall–Kier alpha value is -0.0800. The summed E-state index contributed by atoms with van der Waals surface area (Å²) in [4.78, 5) is 2.54. The maximum absolute atomic E-state index is 5.48. The van der Waals surface area contributed by atoms with Crippen molar-refractivity contribution in [3.8, 4) is 0 Å². The third-order valence-electron chi connectivity index (χ3n) is 2.44. The van der Waals surface area contributed by atoms with Gasteiger partial charge in [-0.3, -0.25) is 4.90 Å². The Kier molecular flexibility index (Phi) is 2.79. The van der Waals surface area contributed by atoms with Crippen LogP contribution in [0.4, 0.5) is 0 Å². The van der Waals surface area contributed by atoms with Crippen LogP contribution in [0.3, 0.4) is 0 Å². The van der Waals surface area contributed by atoms with Gasteiger partial charge in [-0.05, 0) is 34.6 Å². The third-order valence-corrected chi connectivity index (χ3v) is 2.44. The van der Waals surface area contributed by atoms with Gasteiger partial charge in [0.1, 0.15) is 0 Å². The number of hydrogen-bond donors (Lipinski definition) is 0. The van der Waals surface area contributed by atoms with Crippen LogP contribution in [0.2, 0.25) is 0 Å². The summed E-state index contributed by atoms with van der Waals surface area (Å²) < 4.78 is 5.48. The molecule has 0 saturated carbocycles. The fourth-order valence-electron chi connectivity index (χ4n) is 2.33. The van der Waals surface area contributed by atoms with Crippen molar-refractivity contribution in [1.29, 1.82) is 0 Å². The van der Waals surface area contributed by atoms with Gasteiger partial charge in [0.2, 0.25) is 0 Å². The van der Waals surface area contributed by atoms with Crippen LogP contribution in [0.25, 0.3) is 0 Å². The molecule has 1 aliphatic rings. The van der Waals surface area contributed by atoms with Gasteiger partial charge in [0, 0.05) is 17.6 Å². The van der Waals surface area contributed by atoms with Gasteiger partial charge in [0.15, 0.2) is 0 Å². The number of hydrogen-bond acceptors (Lipinski definition) is 2. The van der Waals surface area contributed by atoms with E-state index in [1.807, 2.05) is 0 Å². The zero-order chi connectivity index (χ0) is 9.35. The van der Waals surface area contributed by atoms with Crippen molar-refractivity contribution >= 4 is 0 Å². The largest absolute Gasteiger partial charge is 0.378 e. The highest BCUT2D eigenvalue weighted by Crippen LogP contribution is 2.23. The minimum Gasteiger partial charge on any atom is -0.378 e. The van der Waals surface area contributed by atoms with E-state index in [-0.39, 0.29) is 5.54 Å². The molecule has 2 heteroatoms. The van der Waals surface area contributed by atoms with Gasteiger partial charge in [-0.15, -0.1) is 0 Å². The Morgan fingerprint density at radius 2 is 1.50 bits per heavy atom. The molecule has 0 amide bonds. The molecule has 12 heavy (non-hydrogen) atoms. The molecule has 1 aliphatic heterocycles. The number of nitrogens with zero attached hydrogens (tertiary/aromatic N) is 1. The summed E-state index contributed by atoms with van der Waals surface area (Å²) in [6, 6.07) is 1.10. The third kappa shape index (κ3) is 1.99. The molecular formula is C10H21NO. The van der Waals surface area contributed by atoms with E-state index in [0.717, 1.165) is 13.2 Å². The molecule has 0 aromatic heterocycles. The minimum atomic E-state index is 0.266. The van der Waals surface area contributed by atoms with E-state index in [1.54, 1.807) is 0 Å². The lowest BCUT2D eigenvalue weighted by atomic mass is 9.99. The molecule has 72 valence electrons. The summed E-state index contributed by atoms with van der Waals surface area (Å²) in [5, 5.41) is 0. The van der Waals surface area contributed by atoms with Crippen LogP contribution in [-0.2, 0) is 4.74 Å². The van der Waals surface area contributed by atoms with Crippen molar-refractivity contribution in [1.82, 2.24) is 4.90 Å². The summed E-state index contributed by atoms with van der Waals surface area (Å²) in [6.07, 6.45) is 0. The first-order chi connectivity index (χ1) is 5.43. The van der Waals surface area contributed by atoms with Gasteiger partial charge in [0.05, 0.1) is 13.2 Å². The molecule has 1 rings (SSSR count). The van der Waals surface area contributed by atoms with Crippen molar-refractivity contribution in [3.05, 3.63) is 0 Å². The maximum atomic E-state index is 5.48. The molecule has 0 bridgehead atoms. The fraction of sp³-hybridized carbons (Fsp3) is 1.00. The van der Waals surface area contributed by atoms with Gasteiger partial charge in [-0.25, -0.2) is 0 Å². The normalized spacial score (nSPS) is 33.8. The van der Waals surface area contributed by atoms with Gasteiger partial charge in [-0.1, -0.05) is 0 Å². The van der Waals surface area contributed by atoms with Crippen LogP contribution in [-0.4, -0.2) is 35.7 Å². The lowest BCUT2D eigenvalue weighted by Gasteiger charge is -2.47.